The largest absolute Gasteiger partial charge is 0.534 e. The number of nitrogens with one attached hydrogen (secondary N) is 1. The van der Waals surface area contributed by atoms with E-state index < -0.39 is 32.9 Å². The van der Waals surface area contributed by atoms with Crippen molar-refractivity contribution < 1.29 is 71.9 Å². The lowest BCUT2D eigenvalue weighted by Gasteiger charge is -2.40. The summed E-state index contributed by atoms with van der Waals surface area (Å²) in [7, 11) is -3.31. The third-order valence-electron chi connectivity index (χ3n) is 20.2. The minimum Gasteiger partial charge on any atom is -0.466 e. The number of esters is 2. The highest BCUT2D eigenvalue weighted by Crippen LogP contribution is 2.49. The minimum atomic E-state index is -5.75. The Kier molecular flexibility index (Phi) is 38.4. The number of nitrogens with two attached hydrogens (primary N) is 2. The summed E-state index contributed by atoms with van der Waals surface area (Å²) in [5.41, 5.74) is 17.0. The number of hydrogen-bond acceptors (Lipinski definition) is 13. The molecule has 7 aliphatic rings. The molecular weight excluding hydrogens is 1500 g/mol. The molecule has 590 valence electrons. The number of aliphatic hydroxyl groups is 1. The number of thioether (sulfide) groups is 2. The number of methoxy groups -OCH3 is 2. The van der Waals surface area contributed by atoms with Gasteiger partial charge >= 0.3 is 27.6 Å². The van der Waals surface area contributed by atoms with Crippen LogP contribution < -0.4 is 11.5 Å². The lowest BCUT2D eigenvalue weighted by atomic mass is 9.75. The lowest BCUT2D eigenvalue weighted by Crippen LogP contribution is -2.40. The van der Waals surface area contributed by atoms with Gasteiger partial charge in [0.1, 0.15) is 34.8 Å². The van der Waals surface area contributed by atoms with Crippen LogP contribution in [0.2, 0.25) is 0 Å². The topological polar surface area (TPSA) is 204 Å². The molecular formula is C83H102Cl2F8N4O8S3. The first-order valence-corrected chi connectivity index (χ1v) is 41.0. The van der Waals surface area contributed by atoms with Crippen LogP contribution in [0.25, 0.3) is 22.3 Å². The number of fused-ring (bicyclic) bond motifs is 1. The molecule has 0 unspecified atom stereocenters. The number of carbonyl (C=O) groups excluding carboxylic acids is 2. The van der Waals surface area contributed by atoms with Gasteiger partial charge in [-0.2, -0.15) is 21.6 Å². The Bertz CT molecular complexity index is 4030. The van der Waals surface area contributed by atoms with Crippen molar-refractivity contribution in [3.8, 4) is 0 Å². The van der Waals surface area contributed by atoms with E-state index in [2.05, 4.69) is 8.92 Å². The number of halogens is 10. The van der Waals surface area contributed by atoms with Crippen LogP contribution in [0.3, 0.4) is 0 Å². The highest BCUT2D eigenvalue weighted by molar-refractivity contribution is 8.14. The van der Waals surface area contributed by atoms with Crippen molar-refractivity contribution in [1.29, 1.82) is 5.41 Å². The Hall–Kier alpha value is -6.89. The molecule has 5 aromatic rings. The molecule has 0 amide bonds. The van der Waals surface area contributed by atoms with E-state index in [1.54, 1.807) is 60.3 Å². The molecule has 25 heteroatoms. The van der Waals surface area contributed by atoms with Crippen molar-refractivity contribution in [1.82, 2.24) is 0 Å². The van der Waals surface area contributed by atoms with Crippen molar-refractivity contribution in [2.24, 2.45) is 22.4 Å². The second kappa shape index (κ2) is 46.1. The molecule has 1 saturated carbocycles. The molecule has 0 bridgehead atoms. The van der Waals surface area contributed by atoms with E-state index in [0.29, 0.717) is 65.1 Å². The van der Waals surface area contributed by atoms with Gasteiger partial charge in [-0.25, -0.2) is 31.5 Å². The lowest BCUT2D eigenvalue weighted by molar-refractivity contribution is -0.137. The van der Waals surface area contributed by atoms with Crippen LogP contribution in [-0.2, 0) is 38.9 Å². The summed E-state index contributed by atoms with van der Waals surface area (Å²) in [5.74, 6) is 0.0906. The van der Waals surface area contributed by atoms with E-state index in [1.807, 2.05) is 48.5 Å². The zero-order valence-corrected chi connectivity index (χ0v) is 65.6. The van der Waals surface area contributed by atoms with E-state index in [9.17, 15) is 58.2 Å². The maximum absolute atomic E-state index is 14.3. The van der Waals surface area contributed by atoms with Crippen LogP contribution in [-0.4, -0.2) is 79.5 Å². The van der Waals surface area contributed by atoms with Gasteiger partial charge in [0.2, 0.25) is 0 Å². The van der Waals surface area contributed by atoms with Gasteiger partial charge in [0, 0.05) is 57.2 Å². The molecule has 1 aliphatic heterocycles. The van der Waals surface area contributed by atoms with Crippen LogP contribution >= 0.6 is 47.5 Å². The minimum absolute atomic E-state index is 0. The van der Waals surface area contributed by atoms with Gasteiger partial charge in [-0.1, -0.05) is 177 Å². The molecule has 12 rings (SSSR count). The molecule has 1 heterocycles. The Morgan fingerprint density at radius 3 is 1.41 bits per heavy atom. The van der Waals surface area contributed by atoms with E-state index in [4.69, 9.17) is 38.2 Å². The van der Waals surface area contributed by atoms with E-state index in [1.165, 1.54) is 92.8 Å². The Morgan fingerprint density at radius 2 is 0.944 bits per heavy atom. The van der Waals surface area contributed by atoms with Crippen LogP contribution in [0.5, 0.6) is 0 Å². The average Bonchev–Trinajstić information content (AvgIpc) is 1.20. The maximum Gasteiger partial charge on any atom is 0.534 e. The number of amidine groups is 2. The Morgan fingerprint density at radius 1 is 0.556 bits per heavy atom. The van der Waals surface area contributed by atoms with E-state index >= 15 is 0 Å². The number of nitrogens with zero attached hydrogens (tertiary/aromatic N) is 1. The van der Waals surface area contributed by atoms with Crippen LogP contribution in [0.15, 0.2) is 160 Å². The Balaban J connectivity index is 0.000000203. The normalized spacial score (nSPS) is 19.4. The van der Waals surface area contributed by atoms with Gasteiger partial charge in [0.15, 0.2) is 10.3 Å². The first-order valence-electron chi connectivity index (χ1n) is 37.1. The van der Waals surface area contributed by atoms with Crippen molar-refractivity contribution in [3.63, 3.8) is 0 Å². The molecule has 0 radical (unpaired) electrons. The SMILES string of the molecule is COC(=O)C1=C(OS(=O)(=O)C(F)(F)F)CCCCC1.COC(=O)C1=C(c2ccccc2F)CCCCC1.Cl.Fc1ccccc1C1=C(CCl)CCCCC1.N=C(N)SCC1=C(c2ccccc2F)CCCCC1.NC1=N[C@@]2(c3ccccc3F)CCCCC[C@H]2CS1.OCC1=C(c2ccccc2F)CCCCC1. The van der Waals surface area contributed by atoms with Crippen molar-refractivity contribution in [2.75, 3.05) is 38.2 Å². The standard InChI is InChI=1S/2C15H19FN2S.C15H17FO2.C14H16ClF.C14H17FO.C10H13F3O5S.ClH/c16-13-8-4-3-7-12(13)15-9-5-1-2-6-11(15)10-19-14(17)18-15;16-14-9-5-4-8-13(14)12-7-3-1-2-6-11(12)10-19-15(17)18;1-18-15(17)13-9-4-2-3-7-11(13)12-8-5-6-10-14(12)16;15-10-11-6-2-1-3-7-12(11)13-8-4-5-9-14(13)16;15-14-9-5-4-8-13(14)12-7-3-1-2-6-11(12)10-16;1-17-9(14)7-5-3-2-4-6-8(7)18-19(15,16)10(11,12)13;/h3-4,7-8,11H,1-2,5-6,9-10H2,(H2,17,18);4-5,8-9H,1-3,6-7,10H2,(H3,17,18);5-6,8,10H,2-4,7,9H2,1H3;4-5,8-9H,1-3,6-7,10H2;4-5,8-9,16H,1-3,6-7,10H2;2-6H2,1H3;1H/t11-,15-;;;;;;/m0....../s1. The van der Waals surface area contributed by atoms with Crippen LogP contribution in [0.1, 0.15) is 220 Å². The molecule has 6 aliphatic carbocycles. The molecule has 2 atom stereocenters. The van der Waals surface area contributed by atoms with Gasteiger partial charge in [0.25, 0.3) is 0 Å². The number of hydrogen-bond donors (Lipinski definition) is 4. The summed E-state index contributed by atoms with van der Waals surface area (Å²) in [4.78, 5) is 28.0. The van der Waals surface area contributed by atoms with Crippen molar-refractivity contribution in [2.45, 2.75) is 204 Å². The maximum atomic E-state index is 14.3. The molecule has 0 saturated heterocycles. The van der Waals surface area contributed by atoms with Gasteiger partial charge in [0.05, 0.1) is 31.9 Å². The molecule has 1 fully saturated rings. The van der Waals surface area contributed by atoms with Crippen LogP contribution in [0.4, 0.5) is 35.1 Å². The second-order valence-corrected chi connectivity index (χ2v) is 31.1. The van der Waals surface area contributed by atoms with Crippen molar-refractivity contribution >= 4 is 102 Å². The van der Waals surface area contributed by atoms with Crippen molar-refractivity contribution in [3.05, 3.63) is 212 Å². The summed E-state index contributed by atoms with van der Waals surface area (Å²) in [6.07, 6.45) is 27.8. The number of alkyl halides is 4. The highest BCUT2D eigenvalue weighted by Gasteiger charge is 2.49. The fourth-order valence-electron chi connectivity index (χ4n) is 14.7. The monoisotopic (exact) mass is 1600 g/mol. The van der Waals surface area contributed by atoms with Gasteiger partial charge in [-0.3, -0.25) is 10.4 Å². The first kappa shape index (κ1) is 90.0. The molecule has 12 nitrogen and oxygen atoms in total. The predicted molar refractivity (Wildman–Crippen MR) is 424 cm³/mol. The molecule has 5 aromatic carbocycles. The van der Waals surface area contributed by atoms with Gasteiger partial charge in [-0.15, -0.1) is 24.0 Å². The zero-order chi connectivity index (χ0) is 77.4. The van der Waals surface area contributed by atoms with Gasteiger partial charge < -0.3 is 30.2 Å². The third-order valence-corrected chi connectivity index (χ3v) is 23.2. The summed E-state index contributed by atoms with van der Waals surface area (Å²) in [6.45, 7) is 0.0592. The summed E-state index contributed by atoms with van der Waals surface area (Å²) >= 11 is 8.92. The Labute approximate surface area is 651 Å². The number of benzene rings is 5. The molecule has 0 spiro atoms. The number of rotatable bonds is 13. The second-order valence-electron chi connectivity index (χ2n) is 27.2. The molecule has 108 heavy (non-hydrogen) atoms. The van der Waals surface area contributed by atoms with Crippen LogP contribution in [0, 0.1) is 40.4 Å². The highest BCUT2D eigenvalue weighted by atomic mass is 35.5. The quantitative estimate of drug-likeness (QED) is 0.0165. The molecule has 0 aromatic heterocycles. The molecule has 6 N–H and O–H groups in total. The smallest absolute Gasteiger partial charge is 0.466 e. The number of carbonyl (C=O) groups is 2. The fraction of sp³-hybridized carbons (Fsp3) is 0.470. The fourth-order valence-corrected chi connectivity index (χ4v) is 17.2. The third kappa shape index (κ3) is 26.4. The van der Waals surface area contributed by atoms with E-state index in [0.717, 1.165) is 173 Å². The number of ether oxygens (including phenoxy) is 2. The zero-order valence-electron chi connectivity index (χ0n) is 61.6. The van der Waals surface area contributed by atoms with E-state index in [-0.39, 0.29) is 77.7 Å². The predicted octanol–water partition coefficient (Wildman–Crippen LogP) is 22.5. The number of aliphatic hydroxyl groups excluding tert-OH is 1. The summed E-state index contributed by atoms with van der Waals surface area (Å²) < 4.78 is 142. The summed E-state index contributed by atoms with van der Waals surface area (Å²) in [6, 6.07) is 34.5. The number of aliphatic imine (C=N–C) groups is 1. The first-order chi connectivity index (χ1) is 51.5. The average molecular weight is 1600 g/mol. The summed E-state index contributed by atoms with van der Waals surface area (Å²) in [5, 5.41) is 17.4. The van der Waals surface area contributed by atoms with Gasteiger partial charge in [-0.05, 0) is 199 Å². The number of allylic oxidation sites excluding steroid dienone is 6.